The number of aliphatic imine (C=N–C) groups is 1. The van der Waals surface area contributed by atoms with Crippen LogP contribution >= 0.6 is 0 Å². The fraction of sp³-hybridized carbons (Fsp3) is 0.500. The molecule has 1 saturated carbocycles. The largest absolute Gasteiger partial charge is 0.487 e. The Balaban J connectivity index is 1.36. The number of fused-ring (bicyclic) bond motifs is 1. The molecular formula is C22H27N5O3S. The van der Waals surface area contributed by atoms with Crippen molar-refractivity contribution in [1.29, 1.82) is 0 Å². The molecule has 1 saturated heterocycles. The van der Waals surface area contributed by atoms with Crippen LogP contribution in [0.2, 0.25) is 0 Å². The molecule has 31 heavy (non-hydrogen) atoms. The molecule has 3 heterocycles. The number of nitrogens with zero attached hydrogens (tertiary/aromatic N) is 5. The second-order valence-electron chi connectivity index (χ2n) is 8.53. The average Bonchev–Trinajstić information content (AvgIpc) is 3.42. The van der Waals surface area contributed by atoms with Crippen LogP contribution in [0.1, 0.15) is 43.0 Å². The second-order valence-corrected chi connectivity index (χ2v) is 10.5. The van der Waals surface area contributed by atoms with E-state index in [9.17, 15) is 8.42 Å². The fourth-order valence-electron chi connectivity index (χ4n) is 4.26. The maximum Gasteiger partial charge on any atom is 0.211 e. The van der Waals surface area contributed by atoms with Crippen LogP contribution in [-0.4, -0.2) is 66.4 Å². The van der Waals surface area contributed by atoms with Gasteiger partial charge in [-0.2, -0.15) is 4.31 Å². The van der Waals surface area contributed by atoms with Crippen molar-refractivity contribution in [2.45, 2.75) is 38.3 Å². The van der Waals surface area contributed by atoms with E-state index in [2.05, 4.69) is 33.9 Å². The van der Waals surface area contributed by atoms with E-state index in [-0.39, 0.29) is 5.60 Å². The first-order chi connectivity index (χ1) is 14.9. The van der Waals surface area contributed by atoms with E-state index in [1.54, 1.807) is 6.33 Å². The summed E-state index contributed by atoms with van der Waals surface area (Å²) in [5, 5.41) is 0. The van der Waals surface area contributed by atoms with Gasteiger partial charge >= 0.3 is 0 Å². The van der Waals surface area contributed by atoms with Gasteiger partial charge in [-0.3, -0.25) is 4.99 Å². The lowest BCUT2D eigenvalue weighted by molar-refractivity contribution is 0.174. The highest BCUT2D eigenvalue weighted by atomic mass is 32.2. The predicted octanol–water partition coefficient (Wildman–Crippen LogP) is 2.23. The number of hydrogen-bond acceptors (Lipinski definition) is 7. The van der Waals surface area contributed by atoms with Crippen molar-refractivity contribution in [2.75, 3.05) is 37.3 Å². The van der Waals surface area contributed by atoms with Gasteiger partial charge in [0.1, 0.15) is 23.5 Å². The van der Waals surface area contributed by atoms with Crippen LogP contribution in [0.4, 0.5) is 5.82 Å². The number of ether oxygens (including phenoxy) is 1. The Kier molecular flexibility index (Phi) is 4.97. The Morgan fingerprint density at radius 2 is 1.87 bits per heavy atom. The van der Waals surface area contributed by atoms with Gasteiger partial charge in [0.2, 0.25) is 10.0 Å². The average molecular weight is 442 g/mol. The van der Waals surface area contributed by atoms with E-state index in [4.69, 9.17) is 9.73 Å². The van der Waals surface area contributed by atoms with Crippen LogP contribution in [0.15, 0.2) is 35.6 Å². The first-order valence-electron chi connectivity index (χ1n) is 10.8. The molecule has 1 aromatic heterocycles. The quantitative estimate of drug-likeness (QED) is 0.683. The molecule has 8 nitrogen and oxygen atoms in total. The SMILES string of the molecule is CCC1(Oc2ccc3c(c2)C(c2cc(N4CCN(S(C)(=O)=O)CC4)ncn2)=NC3)CC1. The molecule has 0 unspecified atom stereocenters. The number of hydrogen-bond donors (Lipinski definition) is 0. The molecule has 1 aromatic carbocycles. The third-order valence-corrected chi connectivity index (χ3v) is 7.76. The third kappa shape index (κ3) is 4.04. The minimum atomic E-state index is -3.16. The summed E-state index contributed by atoms with van der Waals surface area (Å²) in [6.45, 7) is 4.93. The van der Waals surface area contributed by atoms with E-state index < -0.39 is 10.0 Å². The Hall–Kier alpha value is -2.52. The smallest absolute Gasteiger partial charge is 0.211 e. The number of aromatic nitrogens is 2. The number of anilines is 1. The van der Waals surface area contributed by atoms with E-state index in [0.29, 0.717) is 32.7 Å². The summed E-state index contributed by atoms with van der Waals surface area (Å²) in [5.41, 5.74) is 3.89. The topological polar surface area (TPSA) is 88.0 Å². The van der Waals surface area contributed by atoms with Crippen LogP contribution in [0.3, 0.4) is 0 Å². The molecule has 0 spiro atoms. The molecule has 2 fully saturated rings. The number of sulfonamides is 1. The van der Waals surface area contributed by atoms with Gasteiger partial charge in [0, 0.05) is 37.8 Å². The summed E-state index contributed by atoms with van der Waals surface area (Å²) in [5.74, 6) is 1.68. The molecule has 0 radical (unpaired) electrons. The molecule has 1 aliphatic carbocycles. The van der Waals surface area contributed by atoms with E-state index in [1.165, 1.54) is 16.1 Å². The van der Waals surface area contributed by atoms with Crippen molar-refractivity contribution in [1.82, 2.24) is 14.3 Å². The normalized spacial score (nSPS) is 20.3. The zero-order valence-electron chi connectivity index (χ0n) is 17.9. The summed E-state index contributed by atoms with van der Waals surface area (Å²) >= 11 is 0. The Morgan fingerprint density at radius 3 is 2.55 bits per heavy atom. The molecule has 2 aromatic rings. The lowest BCUT2D eigenvalue weighted by Gasteiger charge is -2.34. The van der Waals surface area contributed by atoms with Gasteiger partial charge < -0.3 is 9.64 Å². The number of rotatable bonds is 6. The van der Waals surface area contributed by atoms with E-state index in [0.717, 1.165) is 47.8 Å². The molecule has 0 atom stereocenters. The van der Waals surface area contributed by atoms with Crippen molar-refractivity contribution in [3.63, 3.8) is 0 Å². The fourth-order valence-corrected chi connectivity index (χ4v) is 5.09. The van der Waals surface area contributed by atoms with Gasteiger partial charge in [-0.05, 0) is 37.0 Å². The van der Waals surface area contributed by atoms with E-state index >= 15 is 0 Å². The second kappa shape index (κ2) is 7.56. The van der Waals surface area contributed by atoms with Crippen molar-refractivity contribution in [2.24, 2.45) is 4.99 Å². The summed E-state index contributed by atoms with van der Waals surface area (Å²) < 4.78 is 31.3. The first-order valence-corrected chi connectivity index (χ1v) is 12.6. The molecule has 0 N–H and O–H groups in total. The maximum absolute atomic E-state index is 11.8. The van der Waals surface area contributed by atoms with Gasteiger partial charge in [0.25, 0.3) is 0 Å². The summed E-state index contributed by atoms with van der Waals surface area (Å²) in [6.07, 6.45) is 6.06. The summed E-state index contributed by atoms with van der Waals surface area (Å²) in [4.78, 5) is 15.8. The van der Waals surface area contributed by atoms with Crippen molar-refractivity contribution < 1.29 is 13.2 Å². The van der Waals surface area contributed by atoms with Gasteiger partial charge in [-0.15, -0.1) is 0 Å². The Labute approximate surface area is 183 Å². The zero-order valence-corrected chi connectivity index (χ0v) is 18.7. The summed E-state index contributed by atoms with van der Waals surface area (Å²) in [7, 11) is -3.16. The Morgan fingerprint density at radius 1 is 1.10 bits per heavy atom. The van der Waals surface area contributed by atoms with Gasteiger partial charge in [0.05, 0.1) is 24.2 Å². The molecule has 164 valence electrons. The number of piperazine rings is 1. The van der Waals surface area contributed by atoms with Crippen LogP contribution in [0.5, 0.6) is 5.75 Å². The van der Waals surface area contributed by atoms with Crippen molar-refractivity contribution in [3.8, 4) is 5.75 Å². The van der Waals surface area contributed by atoms with Gasteiger partial charge in [-0.25, -0.2) is 18.4 Å². The van der Waals surface area contributed by atoms with E-state index in [1.807, 2.05) is 12.1 Å². The van der Waals surface area contributed by atoms with Gasteiger partial charge in [-0.1, -0.05) is 13.0 Å². The molecular weight excluding hydrogens is 414 g/mol. The molecule has 0 amide bonds. The molecule has 2 aliphatic heterocycles. The molecule has 9 heteroatoms. The lowest BCUT2D eigenvalue weighted by atomic mass is 10.0. The lowest BCUT2D eigenvalue weighted by Crippen LogP contribution is -2.48. The highest BCUT2D eigenvalue weighted by Gasteiger charge is 2.43. The highest BCUT2D eigenvalue weighted by molar-refractivity contribution is 7.88. The van der Waals surface area contributed by atoms with Crippen LogP contribution in [0.25, 0.3) is 0 Å². The third-order valence-electron chi connectivity index (χ3n) is 6.46. The molecule has 0 bridgehead atoms. The minimum absolute atomic E-state index is 0.0142. The van der Waals surface area contributed by atoms with Crippen molar-refractivity contribution >= 4 is 21.6 Å². The molecule has 5 rings (SSSR count). The Bertz CT molecular complexity index is 1140. The van der Waals surface area contributed by atoms with Crippen LogP contribution < -0.4 is 9.64 Å². The predicted molar refractivity (Wildman–Crippen MR) is 119 cm³/mol. The zero-order chi connectivity index (χ0) is 21.6. The van der Waals surface area contributed by atoms with Gasteiger partial charge in [0.15, 0.2) is 0 Å². The molecule has 3 aliphatic rings. The van der Waals surface area contributed by atoms with Crippen LogP contribution in [-0.2, 0) is 16.6 Å². The summed E-state index contributed by atoms with van der Waals surface area (Å²) in [6, 6.07) is 8.18. The minimum Gasteiger partial charge on any atom is -0.487 e. The first kappa shape index (κ1) is 20.4. The van der Waals surface area contributed by atoms with Crippen LogP contribution in [0, 0.1) is 0 Å². The highest BCUT2D eigenvalue weighted by Crippen LogP contribution is 2.43. The van der Waals surface area contributed by atoms with Crippen molar-refractivity contribution in [3.05, 3.63) is 47.4 Å². The number of benzene rings is 1. The monoisotopic (exact) mass is 441 g/mol. The maximum atomic E-state index is 11.8. The standard InChI is InChI=1S/C22H27N5O3S/c1-3-22(6-7-22)30-17-5-4-16-14-23-21(18(16)12-17)19-13-20(25-15-24-19)26-8-10-27(11-9-26)31(2,28)29/h4-5,12-13,15H,3,6-11,14H2,1-2H3.